The van der Waals surface area contributed by atoms with Gasteiger partial charge in [0, 0.05) is 18.1 Å². The van der Waals surface area contributed by atoms with Crippen molar-refractivity contribution in [1.82, 2.24) is 9.55 Å². The number of para-hydroxylation sites is 2. The number of urea groups is 1. The van der Waals surface area contributed by atoms with E-state index in [1.807, 2.05) is 6.92 Å². The van der Waals surface area contributed by atoms with E-state index in [1.54, 1.807) is 48.5 Å². The van der Waals surface area contributed by atoms with Crippen LogP contribution in [0.4, 0.5) is 16.3 Å². The van der Waals surface area contributed by atoms with E-state index in [2.05, 4.69) is 15.6 Å². The van der Waals surface area contributed by atoms with Crippen molar-refractivity contribution >= 4 is 17.5 Å². The summed E-state index contributed by atoms with van der Waals surface area (Å²) < 4.78 is 12.0. The van der Waals surface area contributed by atoms with Crippen LogP contribution in [0.1, 0.15) is 6.92 Å². The van der Waals surface area contributed by atoms with Crippen LogP contribution in [-0.2, 0) is 0 Å². The van der Waals surface area contributed by atoms with Crippen molar-refractivity contribution in [1.29, 1.82) is 0 Å². The predicted octanol–water partition coefficient (Wildman–Crippen LogP) is 3.28. The maximum absolute atomic E-state index is 12.7. The molecule has 0 bridgehead atoms. The van der Waals surface area contributed by atoms with E-state index in [-0.39, 0.29) is 5.82 Å². The predicted molar refractivity (Wildman–Crippen MR) is 107 cm³/mol. The maximum atomic E-state index is 12.7. The van der Waals surface area contributed by atoms with Gasteiger partial charge in [0.2, 0.25) is 5.82 Å². The van der Waals surface area contributed by atoms with Gasteiger partial charge in [0.1, 0.15) is 11.5 Å². The van der Waals surface area contributed by atoms with E-state index in [9.17, 15) is 9.59 Å². The number of hydrogen-bond acceptors (Lipinski definition) is 5. The van der Waals surface area contributed by atoms with Crippen molar-refractivity contribution < 1.29 is 14.3 Å². The minimum absolute atomic E-state index is 0.100. The Morgan fingerprint density at radius 1 is 1.11 bits per heavy atom. The molecule has 0 aliphatic heterocycles. The molecule has 8 heteroatoms. The first-order chi connectivity index (χ1) is 13.6. The molecule has 0 saturated carbocycles. The normalized spacial score (nSPS) is 10.2. The number of hydrogen-bond donors (Lipinski definition) is 2. The van der Waals surface area contributed by atoms with Crippen LogP contribution in [0.3, 0.4) is 0 Å². The second kappa shape index (κ2) is 8.72. The summed E-state index contributed by atoms with van der Waals surface area (Å²) >= 11 is 0. The van der Waals surface area contributed by atoms with E-state index in [4.69, 9.17) is 9.47 Å². The Kier molecular flexibility index (Phi) is 5.91. The number of benzene rings is 2. The highest BCUT2D eigenvalue weighted by atomic mass is 16.5. The zero-order valence-electron chi connectivity index (χ0n) is 15.5. The fourth-order valence-corrected chi connectivity index (χ4v) is 2.59. The Labute approximate surface area is 161 Å². The molecule has 0 saturated heterocycles. The Hall–Kier alpha value is -3.81. The van der Waals surface area contributed by atoms with E-state index in [0.29, 0.717) is 29.5 Å². The molecule has 0 radical (unpaired) electrons. The van der Waals surface area contributed by atoms with Gasteiger partial charge in [-0.25, -0.2) is 9.78 Å². The highest BCUT2D eigenvalue weighted by molar-refractivity contribution is 5.99. The van der Waals surface area contributed by atoms with Gasteiger partial charge in [-0.1, -0.05) is 12.1 Å². The van der Waals surface area contributed by atoms with Gasteiger partial charge in [-0.2, -0.15) is 0 Å². The average Bonchev–Trinajstić information content (AvgIpc) is 2.71. The smallest absolute Gasteiger partial charge is 0.325 e. The van der Waals surface area contributed by atoms with Gasteiger partial charge in [-0.3, -0.25) is 14.7 Å². The van der Waals surface area contributed by atoms with Gasteiger partial charge in [0.25, 0.3) is 5.56 Å². The molecule has 0 atom stereocenters. The highest BCUT2D eigenvalue weighted by Crippen LogP contribution is 2.20. The number of aromatic nitrogens is 2. The molecule has 0 aliphatic carbocycles. The summed E-state index contributed by atoms with van der Waals surface area (Å²) in [6.07, 6.45) is 2.94. The third-order valence-corrected chi connectivity index (χ3v) is 3.84. The number of carbonyl (C=O) groups is 1. The number of carbonyl (C=O) groups excluding carboxylic acids is 1. The quantitative estimate of drug-likeness (QED) is 0.684. The zero-order valence-corrected chi connectivity index (χ0v) is 15.5. The molecule has 2 N–H and O–H groups in total. The number of ether oxygens (including phenoxy) is 2. The molecule has 28 heavy (non-hydrogen) atoms. The van der Waals surface area contributed by atoms with Crippen molar-refractivity contribution in [3.05, 3.63) is 71.3 Å². The number of anilines is 2. The summed E-state index contributed by atoms with van der Waals surface area (Å²) in [5, 5.41) is 5.13. The second-order valence-electron chi connectivity index (χ2n) is 5.66. The molecule has 0 spiro atoms. The summed E-state index contributed by atoms with van der Waals surface area (Å²) in [4.78, 5) is 29.0. The summed E-state index contributed by atoms with van der Waals surface area (Å²) in [6.45, 7) is 2.45. The number of amides is 2. The maximum Gasteiger partial charge on any atom is 0.325 e. The van der Waals surface area contributed by atoms with Gasteiger partial charge >= 0.3 is 6.03 Å². The first kappa shape index (κ1) is 19.0. The van der Waals surface area contributed by atoms with Crippen LogP contribution in [-0.4, -0.2) is 29.3 Å². The summed E-state index contributed by atoms with van der Waals surface area (Å²) in [5.74, 6) is 1.13. The van der Waals surface area contributed by atoms with Crippen molar-refractivity contribution in [2.45, 2.75) is 6.92 Å². The van der Waals surface area contributed by atoms with Crippen LogP contribution in [0, 0.1) is 0 Å². The first-order valence-corrected chi connectivity index (χ1v) is 8.64. The van der Waals surface area contributed by atoms with Crippen molar-refractivity contribution in [3.8, 4) is 17.2 Å². The lowest BCUT2D eigenvalue weighted by Gasteiger charge is -2.12. The standard InChI is InChI=1S/C20H20N4O4/c1-3-28-15-10-8-14(9-11-15)22-20(26)23-18-19(25)24(13-12-21-18)16-6-4-5-7-17(16)27-2/h4-13H,3H2,1-2H3,(H2,21,22,23,26). The van der Waals surface area contributed by atoms with Crippen molar-refractivity contribution in [2.75, 3.05) is 24.4 Å². The van der Waals surface area contributed by atoms with E-state index < -0.39 is 11.6 Å². The van der Waals surface area contributed by atoms with Crippen LogP contribution in [0.25, 0.3) is 5.69 Å². The van der Waals surface area contributed by atoms with Gasteiger partial charge in [-0.15, -0.1) is 0 Å². The van der Waals surface area contributed by atoms with Crippen LogP contribution in [0.15, 0.2) is 65.7 Å². The molecule has 0 aliphatic rings. The molecule has 2 amide bonds. The van der Waals surface area contributed by atoms with E-state index in [1.165, 1.54) is 24.1 Å². The second-order valence-corrected chi connectivity index (χ2v) is 5.66. The number of rotatable bonds is 6. The summed E-state index contributed by atoms with van der Waals surface area (Å²) in [6, 6.07) is 13.4. The summed E-state index contributed by atoms with van der Waals surface area (Å²) in [5.41, 5.74) is 0.628. The minimum atomic E-state index is -0.577. The SMILES string of the molecule is CCOc1ccc(NC(=O)Nc2nccn(-c3ccccc3OC)c2=O)cc1. The van der Waals surface area contributed by atoms with Gasteiger partial charge in [0.05, 0.1) is 19.4 Å². The number of methoxy groups -OCH3 is 1. The molecule has 0 unspecified atom stereocenters. The molecule has 8 nitrogen and oxygen atoms in total. The number of nitrogens with one attached hydrogen (secondary N) is 2. The Bertz CT molecular complexity index is 1020. The third kappa shape index (κ3) is 4.29. The Morgan fingerprint density at radius 3 is 2.57 bits per heavy atom. The fourth-order valence-electron chi connectivity index (χ4n) is 2.59. The largest absolute Gasteiger partial charge is 0.495 e. The molecule has 2 aromatic carbocycles. The zero-order chi connectivity index (χ0) is 19.9. The molecular weight excluding hydrogens is 360 g/mol. The monoisotopic (exact) mass is 380 g/mol. The Balaban J connectivity index is 1.77. The van der Waals surface area contributed by atoms with Crippen LogP contribution >= 0.6 is 0 Å². The number of nitrogens with zero attached hydrogens (tertiary/aromatic N) is 2. The molecule has 1 aromatic heterocycles. The molecule has 1 heterocycles. The van der Waals surface area contributed by atoms with Gasteiger partial charge in [0.15, 0.2) is 0 Å². The molecular formula is C20H20N4O4. The van der Waals surface area contributed by atoms with Gasteiger partial charge < -0.3 is 14.8 Å². The lowest BCUT2D eigenvalue weighted by atomic mass is 10.3. The van der Waals surface area contributed by atoms with E-state index in [0.717, 1.165) is 0 Å². The topological polar surface area (TPSA) is 94.5 Å². The lowest BCUT2D eigenvalue weighted by molar-refractivity contribution is 0.262. The average molecular weight is 380 g/mol. The molecule has 0 fully saturated rings. The summed E-state index contributed by atoms with van der Waals surface area (Å²) in [7, 11) is 1.52. The van der Waals surface area contributed by atoms with Crippen LogP contribution in [0.2, 0.25) is 0 Å². The lowest BCUT2D eigenvalue weighted by Crippen LogP contribution is -2.28. The molecule has 3 rings (SSSR count). The highest BCUT2D eigenvalue weighted by Gasteiger charge is 2.12. The fraction of sp³-hybridized carbons (Fsp3) is 0.150. The Morgan fingerprint density at radius 2 is 1.86 bits per heavy atom. The van der Waals surface area contributed by atoms with Crippen molar-refractivity contribution in [2.24, 2.45) is 0 Å². The van der Waals surface area contributed by atoms with E-state index >= 15 is 0 Å². The van der Waals surface area contributed by atoms with Gasteiger partial charge in [-0.05, 0) is 43.3 Å². The third-order valence-electron chi connectivity index (χ3n) is 3.84. The first-order valence-electron chi connectivity index (χ1n) is 8.64. The molecule has 3 aromatic rings. The molecule has 144 valence electrons. The van der Waals surface area contributed by atoms with Crippen molar-refractivity contribution in [3.63, 3.8) is 0 Å². The van der Waals surface area contributed by atoms with Crippen LogP contribution < -0.4 is 25.7 Å². The minimum Gasteiger partial charge on any atom is -0.495 e. The van der Waals surface area contributed by atoms with Crippen LogP contribution in [0.5, 0.6) is 11.5 Å².